The summed E-state index contributed by atoms with van der Waals surface area (Å²) in [6, 6.07) is 3.48. The summed E-state index contributed by atoms with van der Waals surface area (Å²) in [4.78, 5) is 6.87. The fraction of sp³-hybridized carbons (Fsp3) is 0.579. The average molecular weight is 406 g/mol. The van der Waals surface area contributed by atoms with Gasteiger partial charge in [0.1, 0.15) is 10.7 Å². The number of ether oxygens (including phenoxy) is 1. The van der Waals surface area contributed by atoms with Gasteiger partial charge in [0.25, 0.3) is 0 Å². The summed E-state index contributed by atoms with van der Waals surface area (Å²) in [7, 11) is -3.44. The predicted octanol–water partition coefficient (Wildman–Crippen LogP) is 1.67. The van der Waals surface area contributed by atoms with Gasteiger partial charge in [-0.2, -0.15) is 9.40 Å². The minimum atomic E-state index is -3.44. The number of anilines is 1. The molecule has 2 aromatic rings. The summed E-state index contributed by atoms with van der Waals surface area (Å²) in [5, 5.41) is 4.32. The van der Waals surface area contributed by atoms with Crippen molar-refractivity contribution in [3.63, 3.8) is 0 Å². The Balaban J connectivity index is 1.43. The molecule has 9 heteroatoms. The highest BCUT2D eigenvalue weighted by atomic mass is 32.2. The molecule has 0 radical (unpaired) electrons. The van der Waals surface area contributed by atoms with Crippen molar-refractivity contribution < 1.29 is 13.2 Å². The topological polar surface area (TPSA) is 80.6 Å². The molecule has 0 amide bonds. The first-order valence-corrected chi connectivity index (χ1v) is 11.3. The van der Waals surface area contributed by atoms with E-state index >= 15 is 0 Å². The SMILES string of the molecule is Cc1cnn(CC2CN(c3ccc(S(=O)(=O)N4CCCCC4)cn3)CCO2)c1. The van der Waals surface area contributed by atoms with E-state index in [1.54, 1.807) is 16.4 Å². The first-order valence-electron chi connectivity index (χ1n) is 9.84. The molecule has 0 bridgehead atoms. The Bertz CT molecular complexity index is 891. The third-order valence-corrected chi connectivity index (χ3v) is 7.17. The smallest absolute Gasteiger partial charge is 0.244 e. The second-order valence-electron chi connectivity index (χ2n) is 7.50. The second-order valence-corrected chi connectivity index (χ2v) is 9.43. The van der Waals surface area contributed by atoms with Crippen molar-refractivity contribution in [1.29, 1.82) is 0 Å². The van der Waals surface area contributed by atoms with Crippen molar-refractivity contribution >= 4 is 15.8 Å². The van der Waals surface area contributed by atoms with Gasteiger partial charge >= 0.3 is 0 Å². The van der Waals surface area contributed by atoms with Crippen LogP contribution in [-0.4, -0.2) is 66.4 Å². The van der Waals surface area contributed by atoms with Crippen LogP contribution in [0.3, 0.4) is 0 Å². The molecule has 8 nitrogen and oxygen atoms in total. The number of rotatable bonds is 5. The second kappa shape index (κ2) is 8.18. The molecule has 2 aliphatic heterocycles. The molecule has 0 spiro atoms. The normalized spacial score (nSPS) is 21.8. The van der Waals surface area contributed by atoms with Gasteiger partial charge in [0.05, 0.1) is 25.5 Å². The molecular formula is C19H27N5O3S. The van der Waals surface area contributed by atoms with Gasteiger partial charge in [-0.15, -0.1) is 0 Å². The summed E-state index contributed by atoms with van der Waals surface area (Å²) >= 11 is 0. The molecule has 0 saturated carbocycles. The molecule has 1 atom stereocenters. The Morgan fingerprint density at radius 1 is 1.14 bits per heavy atom. The number of hydrogen-bond donors (Lipinski definition) is 0. The first kappa shape index (κ1) is 19.4. The van der Waals surface area contributed by atoms with Crippen LogP contribution in [0, 0.1) is 6.92 Å². The van der Waals surface area contributed by atoms with Crippen molar-refractivity contribution in [2.24, 2.45) is 0 Å². The third kappa shape index (κ3) is 4.21. The van der Waals surface area contributed by atoms with E-state index in [2.05, 4.69) is 15.0 Å². The van der Waals surface area contributed by atoms with Gasteiger partial charge in [-0.25, -0.2) is 13.4 Å². The van der Waals surface area contributed by atoms with E-state index in [9.17, 15) is 8.42 Å². The van der Waals surface area contributed by atoms with E-state index in [0.717, 1.165) is 37.2 Å². The molecular weight excluding hydrogens is 378 g/mol. The summed E-state index contributed by atoms with van der Waals surface area (Å²) in [5.41, 5.74) is 1.12. The molecule has 2 aromatic heterocycles. The molecule has 28 heavy (non-hydrogen) atoms. The quantitative estimate of drug-likeness (QED) is 0.753. The number of nitrogens with zero attached hydrogens (tertiary/aromatic N) is 5. The van der Waals surface area contributed by atoms with Crippen LogP contribution < -0.4 is 4.90 Å². The molecule has 0 aliphatic carbocycles. The van der Waals surface area contributed by atoms with Gasteiger partial charge in [0, 0.05) is 38.6 Å². The number of morpholine rings is 1. The minimum Gasteiger partial charge on any atom is -0.373 e. The highest BCUT2D eigenvalue weighted by molar-refractivity contribution is 7.89. The summed E-state index contributed by atoms with van der Waals surface area (Å²) in [5.74, 6) is 0.780. The zero-order valence-corrected chi connectivity index (χ0v) is 17.0. The summed E-state index contributed by atoms with van der Waals surface area (Å²) < 4.78 is 34.9. The lowest BCUT2D eigenvalue weighted by atomic mass is 10.2. The van der Waals surface area contributed by atoms with E-state index in [0.29, 0.717) is 32.8 Å². The van der Waals surface area contributed by atoms with Gasteiger partial charge in [-0.3, -0.25) is 4.68 Å². The minimum absolute atomic E-state index is 0.0200. The maximum Gasteiger partial charge on any atom is 0.244 e. The Morgan fingerprint density at radius 2 is 1.96 bits per heavy atom. The van der Waals surface area contributed by atoms with E-state index in [-0.39, 0.29) is 11.0 Å². The van der Waals surface area contributed by atoms with Crippen molar-refractivity contribution in [2.75, 3.05) is 37.7 Å². The molecule has 0 N–H and O–H groups in total. The number of sulfonamides is 1. The van der Waals surface area contributed by atoms with Crippen LogP contribution in [-0.2, 0) is 21.3 Å². The monoisotopic (exact) mass is 405 g/mol. The molecule has 2 aliphatic rings. The lowest BCUT2D eigenvalue weighted by Crippen LogP contribution is -2.44. The van der Waals surface area contributed by atoms with Crippen LogP contribution in [0.15, 0.2) is 35.6 Å². The van der Waals surface area contributed by atoms with Crippen LogP contribution in [0.1, 0.15) is 24.8 Å². The Kier molecular flexibility index (Phi) is 5.65. The number of aryl methyl sites for hydroxylation is 1. The van der Waals surface area contributed by atoms with Gasteiger partial charge < -0.3 is 9.64 Å². The third-order valence-electron chi connectivity index (χ3n) is 5.29. The largest absolute Gasteiger partial charge is 0.373 e. The number of hydrogen-bond acceptors (Lipinski definition) is 6. The van der Waals surface area contributed by atoms with Crippen molar-refractivity contribution in [3.05, 3.63) is 36.3 Å². The van der Waals surface area contributed by atoms with E-state index in [1.807, 2.05) is 24.0 Å². The van der Waals surface area contributed by atoms with Crippen molar-refractivity contribution in [2.45, 2.75) is 43.7 Å². The maximum atomic E-state index is 12.8. The molecule has 2 fully saturated rings. The highest BCUT2D eigenvalue weighted by Gasteiger charge is 2.27. The van der Waals surface area contributed by atoms with Gasteiger partial charge in [0.2, 0.25) is 10.0 Å². The fourth-order valence-electron chi connectivity index (χ4n) is 3.78. The summed E-state index contributed by atoms with van der Waals surface area (Å²) in [6.07, 6.45) is 8.29. The van der Waals surface area contributed by atoms with Crippen LogP contribution >= 0.6 is 0 Å². The molecule has 2 saturated heterocycles. The molecule has 1 unspecified atom stereocenters. The standard InChI is InChI=1S/C19H27N5O3S/c1-16-11-21-23(13-16)15-17-14-22(9-10-27-17)19-6-5-18(12-20-19)28(25,26)24-7-3-2-4-8-24/h5-6,11-13,17H,2-4,7-10,14-15H2,1H3. The molecule has 4 heterocycles. The highest BCUT2D eigenvalue weighted by Crippen LogP contribution is 2.22. The average Bonchev–Trinajstić information content (AvgIpc) is 3.13. The van der Waals surface area contributed by atoms with Gasteiger partial charge in [0.15, 0.2) is 0 Å². The fourth-order valence-corrected chi connectivity index (χ4v) is 5.24. The maximum absolute atomic E-state index is 12.8. The van der Waals surface area contributed by atoms with Crippen LogP contribution in [0.25, 0.3) is 0 Å². The van der Waals surface area contributed by atoms with E-state index < -0.39 is 10.0 Å². The lowest BCUT2D eigenvalue weighted by Gasteiger charge is -2.33. The Labute approximate surface area is 166 Å². The predicted molar refractivity (Wildman–Crippen MR) is 106 cm³/mol. The van der Waals surface area contributed by atoms with Crippen LogP contribution in [0.5, 0.6) is 0 Å². The number of piperidine rings is 1. The van der Waals surface area contributed by atoms with E-state index in [1.165, 1.54) is 6.20 Å². The zero-order chi connectivity index (χ0) is 19.6. The summed E-state index contributed by atoms with van der Waals surface area (Å²) in [6.45, 7) is 5.95. The van der Waals surface area contributed by atoms with Crippen LogP contribution in [0.4, 0.5) is 5.82 Å². The first-order chi connectivity index (χ1) is 13.5. The Morgan fingerprint density at radius 3 is 2.64 bits per heavy atom. The van der Waals surface area contributed by atoms with Crippen molar-refractivity contribution in [1.82, 2.24) is 19.1 Å². The molecule has 152 valence electrons. The van der Waals surface area contributed by atoms with Gasteiger partial charge in [-0.05, 0) is 37.5 Å². The van der Waals surface area contributed by atoms with Crippen LogP contribution in [0.2, 0.25) is 0 Å². The van der Waals surface area contributed by atoms with Crippen molar-refractivity contribution in [3.8, 4) is 0 Å². The van der Waals surface area contributed by atoms with Gasteiger partial charge in [-0.1, -0.05) is 6.42 Å². The lowest BCUT2D eigenvalue weighted by molar-refractivity contribution is 0.0272. The number of aromatic nitrogens is 3. The van der Waals surface area contributed by atoms with E-state index in [4.69, 9.17) is 4.74 Å². The molecule has 0 aromatic carbocycles. The molecule has 4 rings (SSSR count). The Hall–Kier alpha value is -1.97. The zero-order valence-electron chi connectivity index (χ0n) is 16.2. The number of pyridine rings is 1.